The molecule has 1 aromatic rings. The third-order valence-corrected chi connectivity index (χ3v) is 3.78. The molecular weight excluding hydrogens is 314 g/mol. The van der Waals surface area contributed by atoms with E-state index in [-0.39, 0.29) is 9.41 Å². The quantitative estimate of drug-likeness (QED) is 0.600. The summed E-state index contributed by atoms with van der Waals surface area (Å²) in [7, 11) is 0. The zero-order valence-electron chi connectivity index (χ0n) is 9.99. The van der Waals surface area contributed by atoms with Crippen molar-refractivity contribution in [2.24, 2.45) is 0 Å². The van der Waals surface area contributed by atoms with Crippen LogP contribution in [-0.2, 0) is 4.74 Å². The molecule has 2 heterocycles. The van der Waals surface area contributed by atoms with Crippen LogP contribution < -0.4 is 0 Å². The molecule has 10 heteroatoms. The Morgan fingerprint density at radius 1 is 1.50 bits per heavy atom. The van der Waals surface area contributed by atoms with Gasteiger partial charge in [-0.25, -0.2) is 8.78 Å². The molecule has 6 nitrogen and oxygen atoms in total. The fraction of sp³-hybridized carbons (Fsp3) is 0.600. The topological polar surface area (TPSA) is 90.6 Å². The zero-order chi connectivity index (χ0) is 15.1. The summed E-state index contributed by atoms with van der Waals surface area (Å²) >= 11 is 9.57. The molecule has 0 radical (unpaired) electrons. The van der Waals surface area contributed by atoms with E-state index in [9.17, 15) is 19.0 Å². The number of hydrogen-bond donors (Lipinski definition) is 4. The summed E-state index contributed by atoms with van der Waals surface area (Å²) < 4.78 is 32.4. The van der Waals surface area contributed by atoms with Gasteiger partial charge in [-0.2, -0.15) is 0 Å². The lowest BCUT2D eigenvalue weighted by atomic mass is 9.95. The van der Waals surface area contributed by atoms with Crippen LogP contribution in [0, 0.1) is 15.2 Å². The van der Waals surface area contributed by atoms with E-state index in [1.807, 2.05) is 0 Å². The molecule has 1 saturated heterocycles. The number of nitrogens with zero attached hydrogens (tertiary/aromatic N) is 1. The van der Waals surface area contributed by atoms with Crippen molar-refractivity contribution in [3.63, 3.8) is 0 Å². The molecule has 0 bridgehead atoms. The minimum absolute atomic E-state index is 0.112. The van der Waals surface area contributed by atoms with E-state index in [4.69, 9.17) is 22.1 Å². The molecule has 1 aliphatic rings. The molecule has 1 aromatic heterocycles. The van der Waals surface area contributed by atoms with Gasteiger partial charge in [0.15, 0.2) is 22.4 Å². The average molecular weight is 326 g/mol. The van der Waals surface area contributed by atoms with Crippen molar-refractivity contribution >= 4 is 24.4 Å². The van der Waals surface area contributed by atoms with Gasteiger partial charge < -0.3 is 25.0 Å². The summed E-state index contributed by atoms with van der Waals surface area (Å²) in [6.07, 6.45) is -3.54. The van der Waals surface area contributed by atoms with E-state index in [0.29, 0.717) is 0 Å². The number of H-pyrrole nitrogens is 1. The third-order valence-electron chi connectivity index (χ3n) is 3.17. The maximum atomic E-state index is 13.5. The fourth-order valence-electron chi connectivity index (χ4n) is 2.06. The van der Waals surface area contributed by atoms with Crippen molar-refractivity contribution in [3.05, 3.63) is 21.4 Å². The Balaban J connectivity index is 2.54. The largest absolute Gasteiger partial charge is 0.394 e. The van der Waals surface area contributed by atoms with Crippen LogP contribution in [0.2, 0.25) is 0 Å². The highest BCUT2D eigenvalue weighted by Crippen LogP contribution is 2.38. The Kier molecular flexibility index (Phi) is 4.33. The van der Waals surface area contributed by atoms with Gasteiger partial charge in [0.1, 0.15) is 23.5 Å². The van der Waals surface area contributed by atoms with Crippen LogP contribution >= 0.6 is 24.4 Å². The standard InChI is InChI=1S/C10H12F2N2O4S2/c11-3-10(17)6(16)5(2-15)18-8(10)14-1-4(12)7(19)13-9(14)20/h1,5-6,8,15-17H,2-3H2,(H,13,19,20)/t5-,6+,8-,10?/m1/s1. The Hall–Kier alpha value is -0.780. The van der Waals surface area contributed by atoms with E-state index in [1.165, 1.54) is 0 Å². The molecule has 0 aromatic carbocycles. The second-order valence-corrected chi connectivity index (χ2v) is 5.22. The minimum atomic E-state index is -2.35. The van der Waals surface area contributed by atoms with Crippen LogP contribution in [-0.4, -0.2) is 56.0 Å². The van der Waals surface area contributed by atoms with E-state index in [1.54, 1.807) is 0 Å². The van der Waals surface area contributed by atoms with Crippen LogP contribution in [0.15, 0.2) is 6.20 Å². The molecule has 1 aliphatic heterocycles. The minimum Gasteiger partial charge on any atom is -0.394 e. The first-order valence-electron chi connectivity index (χ1n) is 5.59. The molecule has 112 valence electrons. The van der Waals surface area contributed by atoms with Gasteiger partial charge >= 0.3 is 0 Å². The highest BCUT2D eigenvalue weighted by molar-refractivity contribution is 7.72. The van der Waals surface area contributed by atoms with Gasteiger partial charge in [-0.1, -0.05) is 12.2 Å². The van der Waals surface area contributed by atoms with Crippen LogP contribution in [0.1, 0.15) is 6.23 Å². The van der Waals surface area contributed by atoms with Crippen LogP contribution in [0.25, 0.3) is 0 Å². The molecule has 2 rings (SSSR count). The number of nitrogens with one attached hydrogen (secondary N) is 1. The number of alkyl halides is 1. The molecule has 0 aliphatic carbocycles. The molecule has 4 N–H and O–H groups in total. The van der Waals surface area contributed by atoms with E-state index >= 15 is 0 Å². The fourth-order valence-corrected chi connectivity index (χ4v) is 2.52. The second kappa shape index (κ2) is 5.54. The summed E-state index contributed by atoms with van der Waals surface area (Å²) in [6, 6.07) is 0. The first-order chi connectivity index (χ1) is 9.35. The second-order valence-electron chi connectivity index (χ2n) is 4.42. The van der Waals surface area contributed by atoms with Gasteiger partial charge in [-0.15, -0.1) is 0 Å². The van der Waals surface area contributed by atoms with Crippen molar-refractivity contribution in [3.8, 4) is 0 Å². The summed E-state index contributed by atoms with van der Waals surface area (Å²) in [5, 5.41) is 29.0. The number of halogens is 2. The van der Waals surface area contributed by atoms with Gasteiger partial charge in [-0.05, 0) is 12.2 Å². The van der Waals surface area contributed by atoms with Gasteiger partial charge in [0.05, 0.1) is 6.61 Å². The highest BCUT2D eigenvalue weighted by atomic mass is 32.1. The van der Waals surface area contributed by atoms with Crippen molar-refractivity contribution in [2.45, 2.75) is 24.0 Å². The van der Waals surface area contributed by atoms with Gasteiger partial charge in [0.25, 0.3) is 0 Å². The number of hydrogen-bond acceptors (Lipinski definition) is 6. The van der Waals surface area contributed by atoms with Gasteiger partial charge in [-0.3, -0.25) is 4.57 Å². The lowest BCUT2D eigenvalue weighted by Gasteiger charge is -2.29. The summed E-state index contributed by atoms with van der Waals surface area (Å²) in [5.41, 5.74) is -2.35. The van der Waals surface area contributed by atoms with Crippen LogP contribution in [0.4, 0.5) is 8.78 Å². The molecule has 20 heavy (non-hydrogen) atoms. The summed E-state index contributed by atoms with van der Waals surface area (Å²) in [5.74, 6) is -0.847. The summed E-state index contributed by atoms with van der Waals surface area (Å²) in [6.45, 7) is -2.01. The van der Waals surface area contributed by atoms with Gasteiger partial charge in [0.2, 0.25) is 0 Å². The Labute approximate surface area is 122 Å². The lowest BCUT2D eigenvalue weighted by Crippen LogP contribution is -2.49. The maximum Gasteiger partial charge on any atom is 0.180 e. The monoisotopic (exact) mass is 326 g/mol. The normalized spacial score (nSPS) is 33.5. The van der Waals surface area contributed by atoms with Crippen molar-refractivity contribution in [2.75, 3.05) is 13.3 Å². The van der Waals surface area contributed by atoms with E-state index < -0.39 is 43.1 Å². The Morgan fingerprint density at radius 3 is 2.70 bits per heavy atom. The number of aromatic nitrogens is 2. The molecular formula is C10H12F2N2O4S2. The Morgan fingerprint density at radius 2 is 2.15 bits per heavy atom. The lowest BCUT2D eigenvalue weighted by molar-refractivity contribution is -0.121. The van der Waals surface area contributed by atoms with E-state index in [2.05, 4.69) is 17.2 Å². The van der Waals surface area contributed by atoms with Crippen LogP contribution in [0.5, 0.6) is 0 Å². The number of aliphatic hydroxyl groups is 3. The molecule has 0 spiro atoms. The number of aliphatic hydroxyl groups excluding tert-OH is 2. The van der Waals surface area contributed by atoms with Crippen LogP contribution in [0.3, 0.4) is 0 Å². The van der Waals surface area contributed by atoms with E-state index in [0.717, 1.165) is 10.8 Å². The SMILES string of the molecule is OC[C@H]1O[C@@H](n2cc(F)c(=S)[nH]c2=S)C(O)(CF)[C@H]1O. The average Bonchev–Trinajstić information content (AvgIpc) is 2.67. The summed E-state index contributed by atoms with van der Waals surface area (Å²) in [4.78, 5) is 2.35. The van der Waals surface area contributed by atoms with Crippen molar-refractivity contribution in [1.82, 2.24) is 9.55 Å². The molecule has 4 atom stereocenters. The highest BCUT2D eigenvalue weighted by Gasteiger charge is 2.56. The molecule has 0 saturated carbocycles. The molecule has 0 amide bonds. The smallest absolute Gasteiger partial charge is 0.180 e. The molecule has 1 fully saturated rings. The predicted molar refractivity (Wildman–Crippen MR) is 68.3 cm³/mol. The first kappa shape index (κ1) is 15.6. The maximum absolute atomic E-state index is 13.5. The zero-order valence-corrected chi connectivity index (χ0v) is 11.6. The van der Waals surface area contributed by atoms with Crippen molar-refractivity contribution < 1.29 is 28.8 Å². The van der Waals surface area contributed by atoms with Gasteiger partial charge in [0, 0.05) is 6.20 Å². The number of aromatic amines is 1. The Bertz CT molecular complexity index is 622. The molecule has 1 unspecified atom stereocenters. The van der Waals surface area contributed by atoms with Crippen molar-refractivity contribution in [1.29, 1.82) is 0 Å². The first-order valence-corrected chi connectivity index (χ1v) is 6.40. The third kappa shape index (κ3) is 2.32. The number of ether oxygens (including phenoxy) is 1. The number of rotatable bonds is 3. The predicted octanol–water partition coefficient (Wildman–Crippen LogP) is 0.365.